The molecule has 0 saturated carbocycles. The molecule has 0 spiro atoms. The fourth-order valence-corrected chi connectivity index (χ4v) is 4.45. The molecule has 5 heteroatoms. The summed E-state index contributed by atoms with van der Waals surface area (Å²) in [6.45, 7) is 3.15. The highest BCUT2D eigenvalue weighted by Crippen LogP contribution is 2.38. The van der Waals surface area contributed by atoms with Crippen LogP contribution in [0.1, 0.15) is 40.2 Å². The standard InChI is InChI=1S/C16H16BrNO2S/c1-10(14-7-8-15(17)21-14)18-9-3-5-11-12(16(19)20)4-2-6-13(11)18/h2,4,6-8,10H,3,5,9H2,1H3,(H,19,20). The Hall–Kier alpha value is -1.33. The Kier molecular flexibility index (Phi) is 4.04. The van der Waals surface area contributed by atoms with Crippen LogP contribution in [-0.4, -0.2) is 17.6 Å². The third-order valence-electron chi connectivity index (χ3n) is 3.99. The first-order valence-corrected chi connectivity index (χ1v) is 8.56. The minimum Gasteiger partial charge on any atom is -0.478 e. The fraction of sp³-hybridized carbons (Fsp3) is 0.312. The summed E-state index contributed by atoms with van der Waals surface area (Å²) in [5, 5.41) is 9.36. The Labute approximate surface area is 136 Å². The van der Waals surface area contributed by atoms with Crippen molar-refractivity contribution in [2.24, 2.45) is 0 Å². The lowest BCUT2D eigenvalue weighted by molar-refractivity contribution is 0.0695. The van der Waals surface area contributed by atoms with Crippen LogP contribution in [0.15, 0.2) is 34.1 Å². The number of halogens is 1. The van der Waals surface area contributed by atoms with Crippen LogP contribution in [0.3, 0.4) is 0 Å². The Morgan fingerprint density at radius 3 is 2.86 bits per heavy atom. The van der Waals surface area contributed by atoms with Crippen LogP contribution in [0.5, 0.6) is 0 Å². The first kappa shape index (κ1) is 14.6. The summed E-state index contributed by atoms with van der Waals surface area (Å²) >= 11 is 5.24. The van der Waals surface area contributed by atoms with E-state index in [4.69, 9.17) is 0 Å². The number of hydrogen-bond acceptors (Lipinski definition) is 3. The van der Waals surface area contributed by atoms with Crippen LogP contribution in [0, 0.1) is 0 Å². The van der Waals surface area contributed by atoms with Crippen LogP contribution in [0.25, 0.3) is 0 Å². The van der Waals surface area contributed by atoms with Crippen molar-refractivity contribution in [3.63, 3.8) is 0 Å². The minimum absolute atomic E-state index is 0.254. The van der Waals surface area contributed by atoms with Gasteiger partial charge >= 0.3 is 5.97 Å². The van der Waals surface area contributed by atoms with Crippen LogP contribution >= 0.6 is 27.3 Å². The summed E-state index contributed by atoms with van der Waals surface area (Å²) < 4.78 is 1.13. The molecule has 21 heavy (non-hydrogen) atoms. The second-order valence-corrected chi connectivity index (χ2v) is 7.72. The predicted molar refractivity (Wildman–Crippen MR) is 89.5 cm³/mol. The number of carboxylic acids is 1. The van der Waals surface area contributed by atoms with Gasteiger partial charge in [0.05, 0.1) is 15.4 Å². The normalized spacial score (nSPS) is 15.6. The van der Waals surface area contributed by atoms with Gasteiger partial charge in [-0.3, -0.25) is 0 Å². The maximum Gasteiger partial charge on any atom is 0.336 e. The van der Waals surface area contributed by atoms with E-state index in [1.54, 1.807) is 17.4 Å². The number of hydrogen-bond donors (Lipinski definition) is 1. The molecule has 0 fully saturated rings. The monoisotopic (exact) mass is 365 g/mol. The number of benzene rings is 1. The highest BCUT2D eigenvalue weighted by Gasteiger charge is 2.26. The van der Waals surface area contributed by atoms with Gasteiger partial charge in [0.15, 0.2) is 0 Å². The van der Waals surface area contributed by atoms with Gasteiger partial charge in [0.2, 0.25) is 0 Å². The van der Waals surface area contributed by atoms with Gasteiger partial charge in [-0.15, -0.1) is 11.3 Å². The smallest absolute Gasteiger partial charge is 0.336 e. The predicted octanol–water partition coefficient (Wildman–Crippen LogP) is 4.72. The highest BCUT2D eigenvalue weighted by atomic mass is 79.9. The Morgan fingerprint density at radius 1 is 1.38 bits per heavy atom. The topological polar surface area (TPSA) is 40.5 Å². The zero-order chi connectivity index (χ0) is 15.0. The van der Waals surface area contributed by atoms with E-state index in [-0.39, 0.29) is 6.04 Å². The first-order chi connectivity index (χ1) is 10.1. The molecule has 0 amide bonds. The van der Waals surface area contributed by atoms with Gasteiger partial charge in [-0.05, 0) is 65.5 Å². The average Bonchev–Trinajstić information content (AvgIpc) is 2.91. The Morgan fingerprint density at radius 2 is 2.19 bits per heavy atom. The van der Waals surface area contributed by atoms with Gasteiger partial charge in [0.25, 0.3) is 0 Å². The van der Waals surface area contributed by atoms with E-state index in [1.807, 2.05) is 12.1 Å². The third kappa shape index (κ3) is 2.72. The van der Waals surface area contributed by atoms with E-state index in [0.29, 0.717) is 5.56 Å². The van der Waals surface area contributed by atoms with Gasteiger partial charge in [-0.25, -0.2) is 4.79 Å². The number of aromatic carboxylic acids is 1. The molecule has 110 valence electrons. The zero-order valence-electron chi connectivity index (χ0n) is 11.7. The molecular weight excluding hydrogens is 350 g/mol. The number of carboxylic acid groups (broad SMARTS) is 1. The molecular formula is C16H16BrNO2S. The van der Waals surface area contributed by atoms with Crippen LogP contribution in [0.4, 0.5) is 5.69 Å². The maximum absolute atomic E-state index is 11.4. The molecule has 2 aromatic rings. The van der Waals surface area contributed by atoms with Crippen molar-refractivity contribution in [2.45, 2.75) is 25.8 Å². The molecule has 2 heterocycles. The number of rotatable bonds is 3. The lowest BCUT2D eigenvalue weighted by Gasteiger charge is -2.36. The average molecular weight is 366 g/mol. The molecule has 3 nitrogen and oxygen atoms in total. The lowest BCUT2D eigenvalue weighted by atomic mass is 9.95. The van der Waals surface area contributed by atoms with E-state index >= 15 is 0 Å². The Bertz CT molecular complexity index is 683. The van der Waals surface area contributed by atoms with Crippen molar-refractivity contribution in [2.75, 3.05) is 11.4 Å². The number of carbonyl (C=O) groups is 1. The van der Waals surface area contributed by atoms with Crippen molar-refractivity contribution < 1.29 is 9.90 Å². The molecule has 3 rings (SSSR count). The lowest BCUT2D eigenvalue weighted by Crippen LogP contribution is -2.32. The zero-order valence-corrected chi connectivity index (χ0v) is 14.1. The van der Waals surface area contributed by atoms with Crippen molar-refractivity contribution in [1.82, 2.24) is 0 Å². The largest absolute Gasteiger partial charge is 0.478 e. The molecule has 1 aliphatic rings. The summed E-state index contributed by atoms with van der Waals surface area (Å²) in [4.78, 5) is 15.0. The molecule has 0 aliphatic carbocycles. The van der Waals surface area contributed by atoms with E-state index in [0.717, 1.165) is 34.4 Å². The van der Waals surface area contributed by atoms with Crippen LogP contribution in [-0.2, 0) is 6.42 Å². The number of fused-ring (bicyclic) bond motifs is 1. The summed E-state index contributed by atoms with van der Waals surface area (Å²) in [7, 11) is 0. The second kappa shape index (κ2) is 5.81. The van der Waals surface area contributed by atoms with Gasteiger partial charge in [-0.1, -0.05) is 6.07 Å². The van der Waals surface area contributed by atoms with Crippen molar-refractivity contribution >= 4 is 38.9 Å². The fourth-order valence-electron chi connectivity index (χ4n) is 2.96. The summed E-state index contributed by atoms with van der Waals surface area (Å²) in [5.74, 6) is -0.833. The summed E-state index contributed by atoms with van der Waals surface area (Å²) in [5.41, 5.74) is 2.48. The summed E-state index contributed by atoms with van der Waals surface area (Å²) in [6, 6.07) is 10.0. The van der Waals surface area contributed by atoms with Crippen molar-refractivity contribution in [1.29, 1.82) is 0 Å². The van der Waals surface area contributed by atoms with Crippen LogP contribution < -0.4 is 4.90 Å². The molecule has 0 saturated heterocycles. The molecule has 0 radical (unpaired) electrons. The van der Waals surface area contributed by atoms with Gasteiger partial charge < -0.3 is 10.0 Å². The van der Waals surface area contributed by atoms with Gasteiger partial charge in [0, 0.05) is 17.1 Å². The van der Waals surface area contributed by atoms with E-state index in [1.165, 1.54) is 4.88 Å². The van der Waals surface area contributed by atoms with Crippen LogP contribution in [0.2, 0.25) is 0 Å². The number of nitrogens with zero attached hydrogens (tertiary/aromatic N) is 1. The second-order valence-electron chi connectivity index (χ2n) is 5.22. The summed E-state index contributed by atoms with van der Waals surface area (Å²) in [6.07, 6.45) is 1.84. The first-order valence-electron chi connectivity index (χ1n) is 6.95. The third-order valence-corrected chi connectivity index (χ3v) is 5.78. The molecule has 1 unspecified atom stereocenters. The molecule has 1 aromatic carbocycles. The van der Waals surface area contributed by atoms with E-state index < -0.39 is 5.97 Å². The van der Waals surface area contributed by atoms with Crippen molar-refractivity contribution in [3.05, 3.63) is 50.1 Å². The van der Waals surface area contributed by atoms with Gasteiger partial charge in [-0.2, -0.15) is 0 Å². The number of thiophene rings is 1. The maximum atomic E-state index is 11.4. The molecule has 1 aromatic heterocycles. The quantitative estimate of drug-likeness (QED) is 0.854. The SMILES string of the molecule is CC(c1ccc(Br)s1)N1CCCc2c(C(=O)O)cccc21. The number of anilines is 1. The Balaban J connectivity index is 2.01. The minimum atomic E-state index is -0.833. The van der Waals surface area contributed by atoms with Crippen molar-refractivity contribution in [3.8, 4) is 0 Å². The molecule has 0 bridgehead atoms. The van der Waals surface area contributed by atoms with E-state index in [2.05, 4.69) is 39.9 Å². The van der Waals surface area contributed by atoms with E-state index in [9.17, 15) is 9.90 Å². The molecule has 1 N–H and O–H groups in total. The molecule has 1 aliphatic heterocycles. The molecule has 1 atom stereocenters. The highest BCUT2D eigenvalue weighted by molar-refractivity contribution is 9.11. The van der Waals surface area contributed by atoms with Gasteiger partial charge in [0.1, 0.15) is 0 Å².